The Kier molecular flexibility index (Phi) is 2.46. The van der Waals surface area contributed by atoms with Gasteiger partial charge < -0.3 is 10.8 Å². The second-order valence-corrected chi connectivity index (χ2v) is 4.47. The van der Waals surface area contributed by atoms with Gasteiger partial charge in [-0.3, -0.25) is 0 Å². The van der Waals surface area contributed by atoms with Crippen molar-refractivity contribution in [3.05, 3.63) is 35.9 Å². The van der Waals surface area contributed by atoms with Crippen LogP contribution in [-0.4, -0.2) is 16.7 Å². The van der Waals surface area contributed by atoms with E-state index in [1.165, 1.54) is 0 Å². The van der Waals surface area contributed by atoms with E-state index in [1.54, 1.807) is 30.3 Å². The van der Waals surface area contributed by atoms with Crippen LogP contribution in [0, 0.1) is 0 Å². The van der Waals surface area contributed by atoms with Crippen molar-refractivity contribution in [1.82, 2.24) is 0 Å². The summed E-state index contributed by atoms with van der Waals surface area (Å²) in [5.41, 5.74) is 3.29. The summed E-state index contributed by atoms with van der Waals surface area (Å²) in [6, 6.07) is 8.43. The quantitative estimate of drug-likeness (QED) is 0.818. The molecule has 1 fully saturated rings. The third-order valence-electron chi connectivity index (χ3n) is 3.06. The van der Waals surface area contributed by atoms with Crippen molar-refractivity contribution in [2.75, 3.05) is 0 Å². The van der Waals surface area contributed by atoms with Crippen molar-refractivity contribution >= 4 is 5.97 Å². The summed E-state index contributed by atoms with van der Waals surface area (Å²) in [6.07, 6.45) is 0.664. The van der Waals surface area contributed by atoms with Crippen molar-refractivity contribution in [2.45, 2.75) is 30.5 Å². The predicted octanol–water partition coefficient (Wildman–Crippen LogP) is 1.82. The molecular weight excluding hydrogens is 209 g/mol. The molecule has 3 N–H and O–H groups in total. The Morgan fingerprint density at radius 2 is 2.00 bits per heavy atom. The molecule has 1 aromatic rings. The summed E-state index contributed by atoms with van der Waals surface area (Å²) < 4.78 is 13.7. The maximum Gasteiger partial charge on any atom is 0.328 e. The van der Waals surface area contributed by atoms with Crippen LogP contribution in [0.5, 0.6) is 0 Å². The minimum atomic E-state index is -1.62. The molecule has 0 aromatic heterocycles. The molecule has 0 spiro atoms. The van der Waals surface area contributed by atoms with Crippen LogP contribution in [0.3, 0.4) is 0 Å². The summed E-state index contributed by atoms with van der Waals surface area (Å²) in [5, 5.41) is 9.19. The number of nitrogens with two attached hydrogens (primary N) is 1. The maximum absolute atomic E-state index is 13.7. The zero-order chi connectivity index (χ0) is 11.8. The smallest absolute Gasteiger partial charge is 0.328 e. The number of hydrogen-bond acceptors (Lipinski definition) is 2. The van der Waals surface area contributed by atoms with Crippen LogP contribution in [0.4, 0.5) is 4.39 Å². The molecule has 4 heteroatoms. The van der Waals surface area contributed by atoms with Crippen LogP contribution in [-0.2, 0) is 10.3 Å². The van der Waals surface area contributed by atoms with Gasteiger partial charge in [0.15, 0.2) is 0 Å². The highest BCUT2D eigenvalue weighted by Crippen LogP contribution is 2.47. The van der Waals surface area contributed by atoms with E-state index < -0.39 is 17.2 Å². The summed E-state index contributed by atoms with van der Waals surface area (Å²) in [4.78, 5) is 11.2. The molecule has 0 aliphatic heterocycles. The minimum Gasteiger partial charge on any atom is -0.480 e. The van der Waals surface area contributed by atoms with Gasteiger partial charge in [0, 0.05) is 6.42 Å². The third kappa shape index (κ3) is 1.93. The molecular formula is C12H14FNO2. The average molecular weight is 223 g/mol. The van der Waals surface area contributed by atoms with Crippen LogP contribution in [0.25, 0.3) is 0 Å². The molecule has 16 heavy (non-hydrogen) atoms. The Labute approximate surface area is 93.1 Å². The van der Waals surface area contributed by atoms with Gasteiger partial charge in [0.25, 0.3) is 0 Å². The van der Waals surface area contributed by atoms with E-state index in [0.29, 0.717) is 18.4 Å². The van der Waals surface area contributed by atoms with E-state index in [1.807, 2.05) is 0 Å². The molecule has 0 saturated heterocycles. The monoisotopic (exact) mass is 223 g/mol. The normalized spacial score (nSPS) is 21.1. The first kappa shape index (κ1) is 11.1. The molecule has 1 aromatic carbocycles. The lowest BCUT2D eigenvalue weighted by Gasteiger charge is -2.26. The molecule has 0 bridgehead atoms. The molecule has 86 valence electrons. The van der Waals surface area contributed by atoms with E-state index in [0.717, 1.165) is 0 Å². The molecule has 1 aliphatic rings. The van der Waals surface area contributed by atoms with E-state index in [-0.39, 0.29) is 6.42 Å². The van der Waals surface area contributed by atoms with Crippen molar-refractivity contribution in [3.8, 4) is 0 Å². The van der Waals surface area contributed by atoms with Gasteiger partial charge in [-0.1, -0.05) is 30.3 Å². The number of carbonyl (C=O) groups is 1. The number of aliphatic carboxylic acids is 1. The standard InChI is InChI=1S/C12H14FNO2/c13-11(6-7-11)8-12(14,10(15)16)9-4-2-1-3-5-9/h1-5H,6-8,14H2,(H,15,16). The van der Waals surface area contributed by atoms with Crippen LogP contribution in [0.1, 0.15) is 24.8 Å². The highest BCUT2D eigenvalue weighted by Gasteiger charge is 2.52. The summed E-state index contributed by atoms with van der Waals surface area (Å²) in [7, 11) is 0. The van der Waals surface area contributed by atoms with Crippen molar-refractivity contribution < 1.29 is 14.3 Å². The first-order chi connectivity index (χ1) is 7.46. The molecule has 1 unspecified atom stereocenters. The number of rotatable bonds is 4. The molecule has 0 amide bonds. The largest absolute Gasteiger partial charge is 0.480 e. The third-order valence-corrected chi connectivity index (χ3v) is 3.06. The fourth-order valence-corrected chi connectivity index (χ4v) is 1.85. The van der Waals surface area contributed by atoms with Gasteiger partial charge in [0.05, 0.1) is 0 Å². The second-order valence-electron chi connectivity index (χ2n) is 4.47. The first-order valence-corrected chi connectivity index (χ1v) is 5.23. The number of alkyl halides is 1. The zero-order valence-corrected chi connectivity index (χ0v) is 8.82. The van der Waals surface area contributed by atoms with Gasteiger partial charge in [0.1, 0.15) is 11.2 Å². The first-order valence-electron chi connectivity index (χ1n) is 5.23. The van der Waals surface area contributed by atoms with Crippen molar-refractivity contribution in [3.63, 3.8) is 0 Å². The lowest BCUT2D eigenvalue weighted by atomic mass is 9.85. The number of carboxylic acids is 1. The van der Waals surface area contributed by atoms with Gasteiger partial charge in [-0.2, -0.15) is 0 Å². The fraction of sp³-hybridized carbons (Fsp3) is 0.417. The zero-order valence-electron chi connectivity index (χ0n) is 8.82. The van der Waals surface area contributed by atoms with Crippen molar-refractivity contribution in [2.24, 2.45) is 5.73 Å². The van der Waals surface area contributed by atoms with E-state index in [2.05, 4.69) is 0 Å². The Morgan fingerprint density at radius 3 is 2.44 bits per heavy atom. The average Bonchev–Trinajstić information content (AvgIpc) is 2.97. The van der Waals surface area contributed by atoms with Crippen LogP contribution in [0.15, 0.2) is 30.3 Å². The van der Waals surface area contributed by atoms with E-state index in [4.69, 9.17) is 5.73 Å². The summed E-state index contributed by atoms with van der Waals surface area (Å²) in [6.45, 7) is 0. The van der Waals surface area contributed by atoms with Gasteiger partial charge in [-0.25, -0.2) is 9.18 Å². The van der Waals surface area contributed by atoms with Crippen molar-refractivity contribution in [1.29, 1.82) is 0 Å². The van der Waals surface area contributed by atoms with E-state index in [9.17, 15) is 14.3 Å². The highest BCUT2D eigenvalue weighted by molar-refractivity contribution is 5.80. The number of carboxylic acid groups (broad SMARTS) is 1. The molecule has 1 saturated carbocycles. The van der Waals surface area contributed by atoms with Crippen LogP contribution >= 0.6 is 0 Å². The molecule has 0 radical (unpaired) electrons. The minimum absolute atomic E-state index is 0.153. The SMILES string of the molecule is NC(CC1(F)CC1)(C(=O)O)c1ccccc1. The Bertz CT molecular complexity index is 403. The molecule has 2 rings (SSSR count). The van der Waals surface area contributed by atoms with E-state index >= 15 is 0 Å². The Balaban J connectivity index is 2.32. The number of halogens is 1. The maximum atomic E-state index is 13.7. The van der Waals surface area contributed by atoms with Gasteiger partial charge in [0.2, 0.25) is 0 Å². The summed E-state index contributed by atoms with van der Waals surface area (Å²) >= 11 is 0. The topological polar surface area (TPSA) is 63.3 Å². The molecule has 0 heterocycles. The van der Waals surface area contributed by atoms with Gasteiger partial charge >= 0.3 is 5.97 Å². The Hall–Kier alpha value is -1.42. The molecule has 1 aliphatic carbocycles. The fourth-order valence-electron chi connectivity index (χ4n) is 1.85. The van der Waals surface area contributed by atoms with Gasteiger partial charge in [-0.05, 0) is 18.4 Å². The lowest BCUT2D eigenvalue weighted by molar-refractivity contribution is -0.144. The van der Waals surface area contributed by atoms with Crippen LogP contribution in [0.2, 0.25) is 0 Å². The van der Waals surface area contributed by atoms with Gasteiger partial charge in [-0.15, -0.1) is 0 Å². The number of benzene rings is 1. The second kappa shape index (κ2) is 3.56. The summed E-state index contributed by atoms with van der Waals surface area (Å²) in [5.74, 6) is -1.18. The predicted molar refractivity (Wildman–Crippen MR) is 57.6 cm³/mol. The van der Waals surface area contributed by atoms with Crippen LogP contribution < -0.4 is 5.73 Å². The molecule has 1 atom stereocenters. The molecule has 3 nitrogen and oxygen atoms in total. The Morgan fingerprint density at radius 1 is 1.44 bits per heavy atom. The lowest BCUT2D eigenvalue weighted by Crippen LogP contribution is -2.47. The number of hydrogen-bond donors (Lipinski definition) is 2. The highest BCUT2D eigenvalue weighted by atomic mass is 19.1.